The zero-order chi connectivity index (χ0) is 13.2. The average molecular weight is 274 g/mol. The Kier molecular flexibility index (Phi) is 3.31. The van der Waals surface area contributed by atoms with Crippen molar-refractivity contribution in [3.63, 3.8) is 0 Å². The lowest BCUT2D eigenvalue weighted by atomic mass is 10.0. The number of hydrogen-bond acceptors (Lipinski definition) is 4. The first-order valence-corrected chi connectivity index (χ1v) is 7.05. The van der Waals surface area contributed by atoms with Crippen LogP contribution in [0, 0.1) is 5.92 Å². The van der Waals surface area contributed by atoms with Gasteiger partial charge in [0.2, 0.25) is 0 Å². The van der Waals surface area contributed by atoms with Gasteiger partial charge in [0.15, 0.2) is 0 Å². The van der Waals surface area contributed by atoms with E-state index in [1.165, 1.54) is 0 Å². The van der Waals surface area contributed by atoms with Crippen molar-refractivity contribution in [2.75, 3.05) is 13.1 Å². The van der Waals surface area contributed by atoms with E-state index in [1.54, 1.807) is 11.3 Å². The van der Waals surface area contributed by atoms with Crippen molar-refractivity contribution >= 4 is 17.3 Å². The number of thiazole rings is 1. The van der Waals surface area contributed by atoms with Crippen LogP contribution in [0.4, 0.5) is 0 Å². The zero-order valence-electron chi connectivity index (χ0n) is 10.3. The number of hydrogen-bond donors (Lipinski definition) is 1. The number of nitrogens with zero attached hydrogens (tertiary/aromatic N) is 2. The molecular formula is C14H14N2O2S. The van der Waals surface area contributed by atoms with Gasteiger partial charge < -0.3 is 5.11 Å². The van der Waals surface area contributed by atoms with E-state index in [-0.39, 0.29) is 5.92 Å². The van der Waals surface area contributed by atoms with Crippen LogP contribution in [-0.2, 0) is 11.3 Å². The molecule has 4 nitrogen and oxygen atoms in total. The number of carboxylic acids is 1. The predicted octanol–water partition coefficient (Wildman–Crippen LogP) is 2.33. The van der Waals surface area contributed by atoms with Crippen LogP contribution in [0.15, 0.2) is 35.7 Å². The van der Waals surface area contributed by atoms with Crippen molar-refractivity contribution in [3.05, 3.63) is 41.4 Å². The van der Waals surface area contributed by atoms with Crippen molar-refractivity contribution in [3.8, 4) is 10.6 Å². The first-order valence-electron chi connectivity index (χ1n) is 6.17. The van der Waals surface area contributed by atoms with Crippen LogP contribution in [-0.4, -0.2) is 34.0 Å². The molecule has 0 bridgehead atoms. The standard InChI is InChI=1S/C14H14N2O2S/c17-14(18)11-6-16(7-11)8-12-9-19-13(15-12)10-4-2-1-3-5-10/h1-5,9,11H,6-8H2,(H,17,18). The van der Waals surface area contributed by atoms with Crippen molar-refractivity contribution in [2.45, 2.75) is 6.54 Å². The van der Waals surface area contributed by atoms with E-state index in [9.17, 15) is 4.79 Å². The van der Waals surface area contributed by atoms with E-state index in [1.807, 2.05) is 30.3 Å². The maximum atomic E-state index is 10.7. The minimum atomic E-state index is -0.695. The van der Waals surface area contributed by atoms with E-state index in [0.717, 1.165) is 22.8 Å². The highest BCUT2D eigenvalue weighted by molar-refractivity contribution is 7.13. The molecule has 1 aliphatic rings. The molecule has 3 rings (SSSR count). The summed E-state index contributed by atoms with van der Waals surface area (Å²) in [6, 6.07) is 10.1. The van der Waals surface area contributed by atoms with Gasteiger partial charge in [-0.25, -0.2) is 4.98 Å². The Morgan fingerprint density at radius 2 is 2.11 bits per heavy atom. The van der Waals surface area contributed by atoms with Gasteiger partial charge >= 0.3 is 5.97 Å². The Hall–Kier alpha value is -1.72. The number of likely N-dealkylation sites (tertiary alicyclic amines) is 1. The molecule has 0 radical (unpaired) electrons. The summed E-state index contributed by atoms with van der Waals surface area (Å²) in [4.78, 5) is 17.4. The SMILES string of the molecule is O=C(O)C1CN(Cc2csc(-c3ccccc3)n2)C1. The van der Waals surface area contributed by atoms with Gasteiger partial charge in [0.1, 0.15) is 5.01 Å². The summed E-state index contributed by atoms with van der Waals surface area (Å²) in [5.74, 6) is -0.897. The molecule has 0 aliphatic carbocycles. The number of rotatable bonds is 4. The molecule has 0 unspecified atom stereocenters. The summed E-state index contributed by atoms with van der Waals surface area (Å²) < 4.78 is 0. The van der Waals surface area contributed by atoms with Gasteiger partial charge in [-0.05, 0) is 0 Å². The second-order valence-electron chi connectivity index (χ2n) is 4.74. The molecule has 2 heterocycles. The smallest absolute Gasteiger partial charge is 0.309 e. The first kappa shape index (κ1) is 12.3. The van der Waals surface area contributed by atoms with Gasteiger partial charge in [-0.15, -0.1) is 11.3 Å². The Morgan fingerprint density at radius 1 is 1.37 bits per heavy atom. The van der Waals surface area contributed by atoms with Crippen LogP contribution < -0.4 is 0 Å². The quantitative estimate of drug-likeness (QED) is 0.929. The summed E-state index contributed by atoms with van der Waals surface area (Å²) in [6.07, 6.45) is 0. The van der Waals surface area contributed by atoms with Gasteiger partial charge in [0, 0.05) is 30.6 Å². The molecule has 5 heteroatoms. The van der Waals surface area contributed by atoms with E-state index >= 15 is 0 Å². The van der Waals surface area contributed by atoms with Gasteiger partial charge in [-0.3, -0.25) is 9.69 Å². The topological polar surface area (TPSA) is 53.4 Å². The zero-order valence-corrected chi connectivity index (χ0v) is 11.1. The third kappa shape index (κ3) is 2.67. The van der Waals surface area contributed by atoms with Crippen LogP contribution >= 0.6 is 11.3 Å². The van der Waals surface area contributed by atoms with Crippen LogP contribution in [0.3, 0.4) is 0 Å². The molecule has 0 amide bonds. The molecule has 1 fully saturated rings. The summed E-state index contributed by atoms with van der Waals surface area (Å²) in [5.41, 5.74) is 2.15. The molecule has 0 saturated carbocycles. The average Bonchev–Trinajstić information content (AvgIpc) is 2.82. The van der Waals surface area contributed by atoms with Crippen LogP contribution in [0.5, 0.6) is 0 Å². The van der Waals surface area contributed by atoms with E-state index in [2.05, 4.69) is 15.3 Å². The highest BCUT2D eigenvalue weighted by atomic mass is 32.1. The highest BCUT2D eigenvalue weighted by Crippen LogP contribution is 2.25. The molecule has 98 valence electrons. The van der Waals surface area contributed by atoms with E-state index < -0.39 is 5.97 Å². The number of carbonyl (C=O) groups is 1. The summed E-state index contributed by atoms with van der Waals surface area (Å²) in [5, 5.41) is 11.9. The number of benzene rings is 1. The fourth-order valence-electron chi connectivity index (χ4n) is 2.18. The molecule has 1 aromatic carbocycles. The molecule has 0 atom stereocenters. The Morgan fingerprint density at radius 3 is 2.79 bits per heavy atom. The van der Waals surface area contributed by atoms with E-state index in [4.69, 9.17) is 5.11 Å². The van der Waals surface area contributed by atoms with Gasteiger partial charge in [0.05, 0.1) is 11.6 Å². The summed E-state index contributed by atoms with van der Waals surface area (Å²) in [6.45, 7) is 2.01. The van der Waals surface area contributed by atoms with Gasteiger partial charge in [-0.2, -0.15) is 0 Å². The lowest BCUT2D eigenvalue weighted by molar-refractivity contribution is -0.147. The third-order valence-electron chi connectivity index (χ3n) is 3.26. The molecule has 1 aliphatic heterocycles. The van der Waals surface area contributed by atoms with Crippen molar-refractivity contribution in [1.29, 1.82) is 0 Å². The largest absolute Gasteiger partial charge is 0.481 e. The highest BCUT2D eigenvalue weighted by Gasteiger charge is 2.32. The maximum absolute atomic E-state index is 10.7. The van der Waals surface area contributed by atoms with Crippen LogP contribution in [0.2, 0.25) is 0 Å². The second kappa shape index (κ2) is 5.11. The van der Waals surface area contributed by atoms with Crippen molar-refractivity contribution in [2.24, 2.45) is 5.92 Å². The molecule has 1 saturated heterocycles. The van der Waals surface area contributed by atoms with Crippen molar-refractivity contribution < 1.29 is 9.90 Å². The molecular weight excluding hydrogens is 260 g/mol. The third-order valence-corrected chi connectivity index (χ3v) is 4.20. The minimum Gasteiger partial charge on any atom is -0.481 e. The minimum absolute atomic E-state index is 0.202. The van der Waals surface area contributed by atoms with Crippen LogP contribution in [0.25, 0.3) is 10.6 Å². The van der Waals surface area contributed by atoms with Gasteiger partial charge in [0.25, 0.3) is 0 Å². The molecule has 0 spiro atoms. The normalized spacial score (nSPS) is 16.2. The molecule has 1 N–H and O–H groups in total. The monoisotopic (exact) mass is 274 g/mol. The van der Waals surface area contributed by atoms with Crippen molar-refractivity contribution in [1.82, 2.24) is 9.88 Å². The maximum Gasteiger partial charge on any atom is 0.309 e. The summed E-state index contributed by atoms with van der Waals surface area (Å²) >= 11 is 1.63. The molecule has 1 aromatic heterocycles. The Labute approximate surface area is 115 Å². The number of aromatic nitrogens is 1. The second-order valence-corrected chi connectivity index (χ2v) is 5.60. The molecule has 2 aromatic rings. The van der Waals surface area contributed by atoms with E-state index in [0.29, 0.717) is 13.1 Å². The fraction of sp³-hybridized carbons (Fsp3) is 0.286. The number of carboxylic acid groups (broad SMARTS) is 1. The summed E-state index contributed by atoms with van der Waals surface area (Å²) in [7, 11) is 0. The van der Waals surface area contributed by atoms with Gasteiger partial charge in [-0.1, -0.05) is 30.3 Å². The predicted molar refractivity (Wildman–Crippen MR) is 74.0 cm³/mol. The Bertz CT molecular complexity index is 576. The van der Waals surface area contributed by atoms with Crippen LogP contribution in [0.1, 0.15) is 5.69 Å². The molecule has 19 heavy (non-hydrogen) atoms. The fourth-order valence-corrected chi connectivity index (χ4v) is 2.99. The first-order chi connectivity index (χ1) is 9.22. The number of aliphatic carboxylic acids is 1. The lowest BCUT2D eigenvalue weighted by Crippen LogP contribution is -2.49. The lowest BCUT2D eigenvalue weighted by Gasteiger charge is -2.35. The Balaban J connectivity index is 1.62.